The Bertz CT molecular complexity index is 574. The van der Waals surface area contributed by atoms with Gasteiger partial charge in [0.05, 0.1) is 11.0 Å². The Morgan fingerprint density at radius 1 is 1.27 bits per heavy atom. The molecule has 3 N–H and O–H groups in total. The van der Waals surface area contributed by atoms with Crippen LogP contribution in [-0.4, -0.2) is 35.5 Å². The van der Waals surface area contributed by atoms with Gasteiger partial charge in [-0.25, -0.2) is 4.98 Å². The lowest BCUT2D eigenvalue weighted by molar-refractivity contribution is -0.125. The Labute approximate surface area is 136 Å². The molecule has 0 radical (unpaired) electrons. The van der Waals surface area contributed by atoms with Crippen LogP contribution in [0.5, 0.6) is 0 Å². The fourth-order valence-corrected chi connectivity index (χ4v) is 2.82. The number of benzene rings is 1. The van der Waals surface area contributed by atoms with Crippen molar-refractivity contribution in [2.45, 2.75) is 25.7 Å². The first-order valence-corrected chi connectivity index (χ1v) is 7.75. The predicted octanol–water partition coefficient (Wildman–Crippen LogP) is 2.03. The van der Waals surface area contributed by atoms with Gasteiger partial charge in [-0.3, -0.25) is 4.79 Å². The Hall–Kier alpha value is -1.59. The van der Waals surface area contributed by atoms with E-state index in [0.29, 0.717) is 0 Å². The third-order valence-corrected chi connectivity index (χ3v) is 4.04. The lowest BCUT2D eigenvalue weighted by Gasteiger charge is -2.21. The highest BCUT2D eigenvalue weighted by molar-refractivity contribution is 5.85. The molecule has 0 atom stereocenters. The minimum atomic E-state index is 0. The zero-order valence-corrected chi connectivity index (χ0v) is 13.4. The van der Waals surface area contributed by atoms with Crippen molar-refractivity contribution in [3.8, 4) is 0 Å². The van der Waals surface area contributed by atoms with Crippen LogP contribution in [0.2, 0.25) is 0 Å². The molecule has 0 aliphatic carbocycles. The maximum absolute atomic E-state index is 12.0. The highest BCUT2D eigenvalue weighted by Gasteiger charge is 2.20. The number of carbonyl (C=O) groups is 1. The smallest absolute Gasteiger partial charge is 0.223 e. The van der Waals surface area contributed by atoms with Crippen molar-refractivity contribution in [2.75, 3.05) is 19.6 Å². The quantitative estimate of drug-likeness (QED) is 0.738. The average molecular weight is 323 g/mol. The normalized spacial score (nSPS) is 15.5. The van der Waals surface area contributed by atoms with Crippen LogP contribution in [0.15, 0.2) is 24.3 Å². The summed E-state index contributed by atoms with van der Waals surface area (Å²) in [6.45, 7) is 2.63. The molecule has 0 bridgehead atoms. The van der Waals surface area contributed by atoms with E-state index in [0.717, 1.165) is 62.2 Å². The highest BCUT2D eigenvalue weighted by atomic mass is 35.5. The first-order chi connectivity index (χ1) is 10.3. The molecule has 0 saturated carbocycles. The van der Waals surface area contributed by atoms with Crippen molar-refractivity contribution in [3.05, 3.63) is 30.1 Å². The molecular formula is C16H23ClN4O. The van der Waals surface area contributed by atoms with Gasteiger partial charge in [0.15, 0.2) is 0 Å². The first kappa shape index (κ1) is 16.8. The number of aromatic amines is 1. The third kappa shape index (κ3) is 4.21. The molecule has 5 nitrogen and oxygen atoms in total. The Kier molecular flexibility index (Phi) is 6.21. The monoisotopic (exact) mass is 322 g/mol. The number of aryl methyl sites for hydroxylation is 1. The van der Waals surface area contributed by atoms with E-state index in [2.05, 4.69) is 20.6 Å². The van der Waals surface area contributed by atoms with Crippen LogP contribution in [-0.2, 0) is 11.2 Å². The van der Waals surface area contributed by atoms with Gasteiger partial charge in [-0.15, -0.1) is 12.4 Å². The number of hydrogen-bond acceptors (Lipinski definition) is 3. The van der Waals surface area contributed by atoms with Crippen molar-refractivity contribution in [3.63, 3.8) is 0 Å². The summed E-state index contributed by atoms with van der Waals surface area (Å²) in [7, 11) is 0. The van der Waals surface area contributed by atoms with Crippen molar-refractivity contribution < 1.29 is 4.79 Å². The molecule has 1 amide bonds. The van der Waals surface area contributed by atoms with Crippen molar-refractivity contribution >= 4 is 29.3 Å². The molecule has 0 spiro atoms. The van der Waals surface area contributed by atoms with Crippen molar-refractivity contribution in [2.24, 2.45) is 5.92 Å². The number of carbonyl (C=O) groups excluding carboxylic acids is 1. The second kappa shape index (κ2) is 8.15. The topological polar surface area (TPSA) is 69.8 Å². The molecule has 1 aliphatic heterocycles. The molecule has 1 saturated heterocycles. The summed E-state index contributed by atoms with van der Waals surface area (Å²) in [5, 5.41) is 6.33. The molecule has 120 valence electrons. The fraction of sp³-hybridized carbons (Fsp3) is 0.500. The Morgan fingerprint density at radius 2 is 2.05 bits per heavy atom. The maximum atomic E-state index is 12.0. The maximum Gasteiger partial charge on any atom is 0.223 e. The van der Waals surface area contributed by atoms with Gasteiger partial charge >= 0.3 is 0 Å². The van der Waals surface area contributed by atoms with Crippen LogP contribution in [0.25, 0.3) is 11.0 Å². The highest BCUT2D eigenvalue weighted by Crippen LogP contribution is 2.12. The second-order valence-corrected chi connectivity index (χ2v) is 5.62. The fourth-order valence-electron chi connectivity index (χ4n) is 2.82. The molecule has 3 rings (SSSR count). The summed E-state index contributed by atoms with van der Waals surface area (Å²) in [5.74, 6) is 1.39. The van der Waals surface area contributed by atoms with Crippen LogP contribution in [0.3, 0.4) is 0 Å². The number of H-pyrrole nitrogens is 1. The minimum absolute atomic E-state index is 0. The van der Waals surface area contributed by atoms with E-state index in [9.17, 15) is 4.79 Å². The number of nitrogens with one attached hydrogen (secondary N) is 3. The predicted molar refractivity (Wildman–Crippen MR) is 90.3 cm³/mol. The van der Waals surface area contributed by atoms with Gasteiger partial charge in [0.25, 0.3) is 0 Å². The van der Waals surface area contributed by atoms with E-state index >= 15 is 0 Å². The molecular weight excluding hydrogens is 300 g/mol. The van der Waals surface area contributed by atoms with Crippen LogP contribution in [0.4, 0.5) is 0 Å². The molecule has 2 aromatic rings. The van der Waals surface area contributed by atoms with Crippen LogP contribution in [0, 0.1) is 5.92 Å². The second-order valence-electron chi connectivity index (χ2n) is 5.62. The standard InChI is InChI=1S/C16H22N4O.ClH/c21-16(12-7-10-17-11-8-12)18-9-3-6-15-19-13-4-1-2-5-14(13)20-15;/h1-2,4-5,12,17H,3,6-11H2,(H,18,21)(H,19,20);1H. The first-order valence-electron chi connectivity index (χ1n) is 7.75. The Morgan fingerprint density at radius 3 is 2.82 bits per heavy atom. The number of nitrogens with zero attached hydrogens (tertiary/aromatic N) is 1. The summed E-state index contributed by atoms with van der Waals surface area (Å²) in [6, 6.07) is 8.04. The largest absolute Gasteiger partial charge is 0.356 e. The summed E-state index contributed by atoms with van der Waals surface area (Å²) < 4.78 is 0. The number of amides is 1. The van der Waals surface area contributed by atoms with E-state index < -0.39 is 0 Å². The summed E-state index contributed by atoms with van der Waals surface area (Å²) in [6.07, 6.45) is 3.68. The number of hydrogen-bond donors (Lipinski definition) is 3. The average Bonchev–Trinajstić information content (AvgIpc) is 2.95. The molecule has 1 aromatic carbocycles. The van der Waals surface area contributed by atoms with Crippen LogP contribution in [0.1, 0.15) is 25.1 Å². The number of fused-ring (bicyclic) bond motifs is 1. The number of imidazole rings is 1. The zero-order chi connectivity index (χ0) is 14.5. The summed E-state index contributed by atoms with van der Waals surface area (Å²) in [4.78, 5) is 19.8. The molecule has 1 fully saturated rings. The van der Waals surface area contributed by atoms with Crippen molar-refractivity contribution in [1.29, 1.82) is 0 Å². The van der Waals surface area contributed by atoms with Gasteiger partial charge < -0.3 is 15.6 Å². The lowest BCUT2D eigenvalue weighted by Crippen LogP contribution is -2.38. The van der Waals surface area contributed by atoms with Gasteiger partial charge in [0.2, 0.25) is 5.91 Å². The molecule has 6 heteroatoms. The van der Waals surface area contributed by atoms with Gasteiger partial charge in [-0.2, -0.15) is 0 Å². The SMILES string of the molecule is Cl.O=C(NCCCc1nc2ccccc2[nH]1)C1CCNCC1. The van der Waals surface area contributed by atoms with E-state index in [1.807, 2.05) is 24.3 Å². The molecule has 22 heavy (non-hydrogen) atoms. The van der Waals surface area contributed by atoms with Gasteiger partial charge in [-0.1, -0.05) is 12.1 Å². The molecule has 1 aliphatic rings. The van der Waals surface area contributed by atoms with E-state index in [-0.39, 0.29) is 24.2 Å². The lowest BCUT2D eigenvalue weighted by atomic mass is 9.97. The van der Waals surface area contributed by atoms with E-state index in [4.69, 9.17) is 0 Å². The van der Waals surface area contributed by atoms with Crippen LogP contribution >= 0.6 is 12.4 Å². The van der Waals surface area contributed by atoms with Gasteiger partial charge in [0.1, 0.15) is 5.82 Å². The van der Waals surface area contributed by atoms with Crippen molar-refractivity contribution in [1.82, 2.24) is 20.6 Å². The van der Waals surface area contributed by atoms with Gasteiger partial charge in [0, 0.05) is 18.9 Å². The number of piperidine rings is 1. The number of para-hydroxylation sites is 2. The summed E-state index contributed by atoms with van der Waals surface area (Å²) in [5.41, 5.74) is 2.08. The van der Waals surface area contributed by atoms with Gasteiger partial charge in [-0.05, 0) is 44.5 Å². The summed E-state index contributed by atoms with van der Waals surface area (Å²) >= 11 is 0. The number of aromatic nitrogens is 2. The number of rotatable bonds is 5. The third-order valence-electron chi connectivity index (χ3n) is 4.04. The molecule has 2 heterocycles. The van der Waals surface area contributed by atoms with E-state index in [1.165, 1.54) is 0 Å². The minimum Gasteiger partial charge on any atom is -0.356 e. The number of halogens is 1. The van der Waals surface area contributed by atoms with Crippen LogP contribution < -0.4 is 10.6 Å². The zero-order valence-electron chi connectivity index (χ0n) is 12.6. The molecule has 1 aromatic heterocycles. The molecule has 0 unspecified atom stereocenters. The Balaban J connectivity index is 0.00000176. The van der Waals surface area contributed by atoms with E-state index in [1.54, 1.807) is 0 Å².